The zero-order valence-electron chi connectivity index (χ0n) is 19.3. The molecular formula is C24H30Cl2N2O4. The number of fused-ring (bicyclic) bond motifs is 1. The molecule has 2 aromatic rings. The summed E-state index contributed by atoms with van der Waals surface area (Å²) in [5, 5.41) is 0.795. The number of hydrogen-bond donors (Lipinski definition) is 0. The van der Waals surface area contributed by atoms with Gasteiger partial charge >= 0.3 is 0 Å². The molecule has 0 N–H and O–H groups in total. The standard InChI is InChI=1S/C24H30ClN2.ClHO4/c1-7-27(8-2)20-12-9-18(17(3)15-20)10-14-23-24(4,5)21-16-19(25)11-13-22(21)26(23)6;2-1(3,4)5/h9-16H,7-8H2,1-6H3;(H,2,3,4,5)/q+1;/p-1. The fourth-order valence-electron chi connectivity index (χ4n) is 4.11. The summed E-state index contributed by atoms with van der Waals surface area (Å²) in [6.45, 7) is 13.2. The average molecular weight is 481 g/mol. The zero-order valence-corrected chi connectivity index (χ0v) is 20.8. The van der Waals surface area contributed by atoms with Crippen molar-refractivity contribution in [2.45, 2.75) is 40.0 Å². The largest absolute Gasteiger partial charge is 0.372 e. The van der Waals surface area contributed by atoms with E-state index < -0.39 is 10.2 Å². The van der Waals surface area contributed by atoms with Gasteiger partial charge in [-0.1, -0.05) is 17.7 Å². The molecule has 0 spiro atoms. The van der Waals surface area contributed by atoms with Crippen molar-refractivity contribution in [2.75, 3.05) is 25.0 Å². The van der Waals surface area contributed by atoms with Gasteiger partial charge in [-0.25, -0.2) is 18.6 Å². The third-order valence-electron chi connectivity index (χ3n) is 5.80. The number of nitrogens with zero attached hydrogens (tertiary/aromatic N) is 2. The maximum absolute atomic E-state index is 8.49. The lowest BCUT2D eigenvalue weighted by molar-refractivity contribution is -2.00. The van der Waals surface area contributed by atoms with Crippen LogP contribution in [0.2, 0.25) is 5.02 Å². The molecule has 0 unspecified atom stereocenters. The molecule has 3 rings (SSSR count). The summed E-state index contributed by atoms with van der Waals surface area (Å²) in [7, 11) is -2.81. The number of aryl methyl sites for hydroxylation is 1. The van der Waals surface area contributed by atoms with E-state index in [4.69, 9.17) is 30.2 Å². The van der Waals surface area contributed by atoms with Gasteiger partial charge < -0.3 is 4.90 Å². The summed E-state index contributed by atoms with van der Waals surface area (Å²) < 4.78 is 36.3. The number of halogens is 2. The molecule has 6 nitrogen and oxygen atoms in total. The fourth-order valence-corrected chi connectivity index (χ4v) is 4.28. The van der Waals surface area contributed by atoms with E-state index in [0.717, 1.165) is 18.1 Å². The zero-order chi connectivity index (χ0) is 24.3. The van der Waals surface area contributed by atoms with Gasteiger partial charge in [0.25, 0.3) is 0 Å². The van der Waals surface area contributed by atoms with E-state index >= 15 is 0 Å². The number of rotatable bonds is 5. The number of benzene rings is 2. The van der Waals surface area contributed by atoms with Crippen LogP contribution in [0.3, 0.4) is 0 Å². The summed E-state index contributed by atoms with van der Waals surface area (Å²) in [4.78, 5) is 2.38. The minimum Gasteiger partial charge on any atom is -0.372 e. The van der Waals surface area contributed by atoms with Crippen molar-refractivity contribution in [3.8, 4) is 0 Å². The van der Waals surface area contributed by atoms with Crippen molar-refractivity contribution in [3.63, 3.8) is 0 Å². The van der Waals surface area contributed by atoms with Crippen LogP contribution >= 0.6 is 11.6 Å². The van der Waals surface area contributed by atoms with Crippen LogP contribution in [0.4, 0.5) is 11.4 Å². The minimum absolute atomic E-state index is 0.0689. The van der Waals surface area contributed by atoms with Gasteiger partial charge in [0, 0.05) is 41.5 Å². The fraction of sp³-hybridized carbons (Fsp3) is 0.375. The van der Waals surface area contributed by atoms with Crippen LogP contribution in [0.1, 0.15) is 44.4 Å². The minimum atomic E-state index is -4.94. The lowest BCUT2D eigenvalue weighted by Gasteiger charge is -2.22. The highest BCUT2D eigenvalue weighted by Crippen LogP contribution is 2.40. The molecule has 1 heterocycles. The van der Waals surface area contributed by atoms with Crippen LogP contribution in [0, 0.1) is 17.2 Å². The SMILES string of the molecule is CCN(CC)c1ccc(C=CC2=[N+](C)c3ccc(Cl)cc3C2(C)C)c(C)c1.[O-][Cl+3]([O-])([O-])[O-]. The summed E-state index contributed by atoms with van der Waals surface area (Å²) in [5.41, 5.74) is 7.59. The first-order valence-corrected chi connectivity index (χ1v) is 12.0. The highest BCUT2D eigenvalue weighted by molar-refractivity contribution is 6.30. The predicted molar refractivity (Wildman–Crippen MR) is 119 cm³/mol. The molecule has 0 aliphatic carbocycles. The van der Waals surface area contributed by atoms with E-state index in [2.05, 4.69) is 93.6 Å². The van der Waals surface area contributed by atoms with Gasteiger partial charge in [-0.2, -0.15) is 4.58 Å². The number of allylic oxidation sites excluding steroid dienone is 1. The Kier molecular flexibility index (Phi) is 8.50. The molecule has 174 valence electrons. The summed E-state index contributed by atoms with van der Waals surface area (Å²) in [6.07, 6.45) is 4.50. The van der Waals surface area contributed by atoms with Gasteiger partial charge in [0.05, 0.1) is 5.41 Å². The van der Waals surface area contributed by atoms with Crippen molar-refractivity contribution in [2.24, 2.45) is 0 Å². The van der Waals surface area contributed by atoms with Crippen molar-refractivity contribution in [3.05, 3.63) is 64.2 Å². The van der Waals surface area contributed by atoms with Crippen molar-refractivity contribution >= 4 is 34.8 Å². The molecule has 2 aromatic carbocycles. The molecular weight excluding hydrogens is 451 g/mol. The lowest BCUT2D eigenvalue weighted by Crippen LogP contribution is -2.68. The summed E-state index contributed by atoms with van der Waals surface area (Å²) >= 11 is 6.25. The molecule has 0 aromatic heterocycles. The Morgan fingerprint density at radius 2 is 1.59 bits per heavy atom. The van der Waals surface area contributed by atoms with E-state index in [1.54, 1.807) is 0 Å². The van der Waals surface area contributed by atoms with Crippen molar-refractivity contribution in [1.82, 2.24) is 0 Å². The van der Waals surface area contributed by atoms with Crippen LogP contribution in [-0.4, -0.2) is 30.4 Å². The Bertz CT molecular complexity index is 1020. The quantitative estimate of drug-likeness (QED) is 0.603. The monoisotopic (exact) mass is 480 g/mol. The van der Waals surface area contributed by atoms with Gasteiger partial charge in [0.1, 0.15) is 7.05 Å². The third-order valence-corrected chi connectivity index (χ3v) is 6.03. The van der Waals surface area contributed by atoms with E-state index in [0.29, 0.717) is 0 Å². The van der Waals surface area contributed by atoms with Crippen molar-refractivity contribution < 1.29 is 33.5 Å². The Balaban J connectivity index is 0.000000654. The third kappa shape index (κ3) is 6.32. The topological polar surface area (TPSA) is 98.5 Å². The Morgan fingerprint density at radius 3 is 2.12 bits per heavy atom. The van der Waals surface area contributed by atoms with Gasteiger partial charge in [-0.05, 0) is 76.1 Å². The summed E-state index contributed by atoms with van der Waals surface area (Å²) in [6, 6.07) is 12.9. The molecule has 32 heavy (non-hydrogen) atoms. The second-order valence-corrected chi connectivity index (χ2v) is 9.35. The average Bonchev–Trinajstić information content (AvgIpc) is 2.86. The highest BCUT2D eigenvalue weighted by Gasteiger charge is 2.42. The van der Waals surface area contributed by atoms with Gasteiger partial charge in [0.2, 0.25) is 5.69 Å². The maximum Gasteiger partial charge on any atom is 0.209 e. The van der Waals surface area contributed by atoms with Crippen LogP contribution in [0.25, 0.3) is 6.08 Å². The highest BCUT2D eigenvalue weighted by atomic mass is 35.7. The molecule has 1 aliphatic rings. The molecule has 0 bridgehead atoms. The Hall–Kier alpha value is -1.93. The molecule has 0 atom stereocenters. The van der Waals surface area contributed by atoms with E-state index in [1.807, 2.05) is 6.07 Å². The molecule has 8 heteroatoms. The second kappa shape index (κ2) is 10.3. The smallest absolute Gasteiger partial charge is 0.209 e. The van der Waals surface area contributed by atoms with Crippen LogP contribution in [0.5, 0.6) is 0 Å². The first kappa shape index (κ1) is 26.3. The Morgan fingerprint density at radius 1 is 1.00 bits per heavy atom. The molecule has 0 fully saturated rings. The summed E-state index contributed by atoms with van der Waals surface area (Å²) in [5.74, 6) is 0. The molecule has 0 saturated heterocycles. The first-order valence-electron chi connectivity index (χ1n) is 10.4. The van der Waals surface area contributed by atoms with E-state index in [-0.39, 0.29) is 5.41 Å². The molecule has 0 radical (unpaired) electrons. The van der Waals surface area contributed by atoms with Gasteiger partial charge in [0.15, 0.2) is 5.71 Å². The molecule has 0 amide bonds. The van der Waals surface area contributed by atoms with E-state index in [9.17, 15) is 0 Å². The maximum atomic E-state index is 8.49. The van der Waals surface area contributed by atoms with Crippen LogP contribution in [-0.2, 0) is 5.41 Å². The molecule has 1 aliphatic heterocycles. The van der Waals surface area contributed by atoms with Gasteiger partial charge in [-0.15, -0.1) is 10.2 Å². The second-order valence-electron chi connectivity index (χ2n) is 8.16. The Labute approximate surface area is 197 Å². The lowest BCUT2D eigenvalue weighted by atomic mass is 9.81. The van der Waals surface area contributed by atoms with Crippen LogP contribution in [0.15, 0.2) is 42.5 Å². The molecule has 0 saturated carbocycles. The normalized spacial score (nSPS) is 15.0. The number of hydrogen-bond acceptors (Lipinski definition) is 5. The predicted octanol–water partition coefficient (Wildman–Crippen LogP) is 1.46. The number of anilines is 1. The van der Waals surface area contributed by atoms with Crippen molar-refractivity contribution in [1.29, 1.82) is 0 Å². The first-order chi connectivity index (χ1) is 14.8. The van der Waals surface area contributed by atoms with Gasteiger partial charge in [-0.3, -0.25) is 0 Å². The van der Waals surface area contributed by atoms with Crippen LogP contribution < -0.4 is 23.5 Å². The van der Waals surface area contributed by atoms with E-state index in [1.165, 1.54) is 33.8 Å².